The third kappa shape index (κ3) is 8.05. The smallest absolute Gasteiger partial charge is 0.263 e. The lowest BCUT2D eigenvalue weighted by Gasteiger charge is -2.12. The lowest BCUT2D eigenvalue weighted by molar-refractivity contribution is 0.0925. The standard InChI is InChI=1S/C22H29ClN2O5S/c1-4-30-19-9-7-18(8-10-19)25-31(27,28)21-14-17(6-11-20(21)23)22(26)24-12-5-13-29-15-16(2)3/h6-11,14,16,25H,4-5,12-13,15H2,1-3H3,(H,24,26). The van der Waals surface area contributed by atoms with Crippen LogP contribution in [0.3, 0.4) is 0 Å². The number of nitrogens with one attached hydrogen (secondary N) is 2. The van der Waals surface area contributed by atoms with Crippen LogP contribution in [0.1, 0.15) is 37.6 Å². The van der Waals surface area contributed by atoms with Crippen molar-refractivity contribution in [1.29, 1.82) is 0 Å². The topological polar surface area (TPSA) is 93.7 Å². The van der Waals surface area contributed by atoms with Gasteiger partial charge in [-0.3, -0.25) is 9.52 Å². The van der Waals surface area contributed by atoms with Gasteiger partial charge in [0.1, 0.15) is 10.6 Å². The van der Waals surface area contributed by atoms with E-state index in [1.807, 2.05) is 6.92 Å². The number of sulfonamides is 1. The van der Waals surface area contributed by atoms with Crippen molar-refractivity contribution in [3.05, 3.63) is 53.1 Å². The molecule has 0 saturated carbocycles. The Hall–Kier alpha value is -2.29. The van der Waals surface area contributed by atoms with Crippen molar-refractivity contribution in [2.75, 3.05) is 31.1 Å². The number of hydrogen-bond acceptors (Lipinski definition) is 5. The van der Waals surface area contributed by atoms with Gasteiger partial charge in [0.05, 0.1) is 11.6 Å². The number of rotatable bonds is 12. The summed E-state index contributed by atoms with van der Waals surface area (Å²) >= 11 is 6.12. The molecule has 0 spiro atoms. The van der Waals surface area contributed by atoms with Crippen molar-refractivity contribution >= 4 is 33.2 Å². The molecule has 0 heterocycles. The number of carbonyl (C=O) groups is 1. The van der Waals surface area contributed by atoms with Gasteiger partial charge in [0.25, 0.3) is 15.9 Å². The number of halogens is 1. The molecule has 0 saturated heterocycles. The molecule has 0 aliphatic carbocycles. The van der Waals surface area contributed by atoms with E-state index in [9.17, 15) is 13.2 Å². The van der Waals surface area contributed by atoms with Gasteiger partial charge in [-0.15, -0.1) is 0 Å². The van der Waals surface area contributed by atoms with Crippen LogP contribution >= 0.6 is 11.6 Å². The van der Waals surface area contributed by atoms with Crippen LogP contribution in [0, 0.1) is 5.92 Å². The third-order valence-corrected chi connectivity index (χ3v) is 5.97. The summed E-state index contributed by atoms with van der Waals surface area (Å²) in [5.74, 6) is 0.718. The van der Waals surface area contributed by atoms with Crippen molar-refractivity contribution in [3.63, 3.8) is 0 Å². The summed E-state index contributed by atoms with van der Waals surface area (Å²) in [6, 6.07) is 10.7. The minimum Gasteiger partial charge on any atom is -0.494 e. The van der Waals surface area contributed by atoms with E-state index in [2.05, 4.69) is 23.9 Å². The Morgan fingerprint density at radius 2 is 1.84 bits per heavy atom. The van der Waals surface area contributed by atoms with Crippen molar-refractivity contribution in [2.45, 2.75) is 32.1 Å². The van der Waals surface area contributed by atoms with Gasteiger partial charge >= 0.3 is 0 Å². The Labute approximate surface area is 189 Å². The van der Waals surface area contributed by atoms with Crippen LogP contribution in [0.25, 0.3) is 0 Å². The predicted molar refractivity (Wildman–Crippen MR) is 122 cm³/mol. The van der Waals surface area contributed by atoms with Crippen LogP contribution in [-0.2, 0) is 14.8 Å². The van der Waals surface area contributed by atoms with E-state index >= 15 is 0 Å². The highest BCUT2D eigenvalue weighted by Crippen LogP contribution is 2.26. The van der Waals surface area contributed by atoms with Crippen LogP contribution in [-0.4, -0.2) is 40.7 Å². The molecule has 0 radical (unpaired) electrons. The number of carbonyl (C=O) groups excluding carboxylic acids is 1. The number of benzene rings is 2. The molecule has 0 aliphatic rings. The Balaban J connectivity index is 2.02. The van der Waals surface area contributed by atoms with E-state index in [1.54, 1.807) is 24.3 Å². The van der Waals surface area contributed by atoms with E-state index in [4.69, 9.17) is 21.1 Å². The summed E-state index contributed by atoms with van der Waals surface area (Å²) in [6.07, 6.45) is 0.663. The fourth-order valence-electron chi connectivity index (χ4n) is 2.64. The van der Waals surface area contributed by atoms with Crippen molar-refractivity contribution in [2.24, 2.45) is 5.92 Å². The van der Waals surface area contributed by atoms with Crippen molar-refractivity contribution in [1.82, 2.24) is 5.32 Å². The summed E-state index contributed by atoms with van der Waals surface area (Å²) in [5, 5.41) is 2.79. The zero-order valence-corrected chi connectivity index (χ0v) is 19.6. The van der Waals surface area contributed by atoms with E-state index < -0.39 is 10.0 Å². The molecule has 2 aromatic rings. The fourth-order valence-corrected chi connectivity index (χ4v) is 4.23. The Kier molecular flexibility index (Phi) is 9.61. The van der Waals surface area contributed by atoms with E-state index in [0.29, 0.717) is 50.1 Å². The molecule has 7 nitrogen and oxygen atoms in total. The summed E-state index contributed by atoms with van der Waals surface area (Å²) in [5.41, 5.74) is 0.565. The van der Waals surface area contributed by atoms with Gasteiger partial charge < -0.3 is 14.8 Å². The molecule has 1 amide bonds. The molecule has 9 heteroatoms. The highest BCUT2D eigenvalue weighted by molar-refractivity contribution is 7.92. The average Bonchev–Trinajstić information content (AvgIpc) is 2.72. The average molecular weight is 469 g/mol. The Bertz CT molecular complexity index is 962. The molecule has 0 atom stereocenters. The van der Waals surface area contributed by atoms with Gasteiger partial charge in [0, 0.05) is 31.0 Å². The van der Waals surface area contributed by atoms with Gasteiger partial charge in [-0.2, -0.15) is 0 Å². The lowest BCUT2D eigenvalue weighted by Crippen LogP contribution is -2.26. The number of ether oxygens (including phenoxy) is 2. The molecule has 0 aromatic heterocycles. The fraction of sp³-hybridized carbons (Fsp3) is 0.409. The van der Waals surface area contributed by atoms with Crippen LogP contribution in [0.5, 0.6) is 5.75 Å². The monoisotopic (exact) mass is 468 g/mol. The normalized spacial score (nSPS) is 11.4. The Morgan fingerprint density at radius 3 is 2.48 bits per heavy atom. The predicted octanol–water partition coefficient (Wildman–Crippen LogP) is 4.33. The van der Waals surface area contributed by atoms with Crippen LogP contribution in [0.4, 0.5) is 5.69 Å². The van der Waals surface area contributed by atoms with Gasteiger partial charge in [-0.1, -0.05) is 25.4 Å². The molecule has 2 N–H and O–H groups in total. The highest BCUT2D eigenvalue weighted by Gasteiger charge is 2.20. The molecule has 0 bridgehead atoms. The number of amides is 1. The van der Waals surface area contributed by atoms with Gasteiger partial charge in [0.15, 0.2) is 0 Å². The lowest BCUT2D eigenvalue weighted by atomic mass is 10.2. The zero-order chi connectivity index (χ0) is 22.9. The minimum absolute atomic E-state index is 0.0251. The van der Waals surface area contributed by atoms with Crippen molar-refractivity contribution in [3.8, 4) is 5.75 Å². The second-order valence-electron chi connectivity index (χ2n) is 7.29. The van der Waals surface area contributed by atoms with Crippen LogP contribution in [0.2, 0.25) is 5.02 Å². The zero-order valence-electron chi connectivity index (χ0n) is 18.0. The molecule has 0 unspecified atom stereocenters. The summed E-state index contributed by atoms with van der Waals surface area (Å²) in [6.45, 7) is 8.16. The first-order valence-electron chi connectivity index (χ1n) is 10.1. The van der Waals surface area contributed by atoms with Gasteiger partial charge in [-0.05, 0) is 61.7 Å². The molecule has 0 aliphatic heterocycles. The maximum absolute atomic E-state index is 12.8. The summed E-state index contributed by atoms with van der Waals surface area (Å²) in [7, 11) is -3.99. The largest absolute Gasteiger partial charge is 0.494 e. The maximum Gasteiger partial charge on any atom is 0.263 e. The third-order valence-electron chi connectivity index (χ3n) is 4.10. The second-order valence-corrected chi connectivity index (χ2v) is 9.34. The quantitative estimate of drug-likeness (QED) is 0.452. The number of hydrogen-bond donors (Lipinski definition) is 2. The van der Waals surface area contributed by atoms with E-state index in [1.165, 1.54) is 18.2 Å². The first-order chi connectivity index (χ1) is 14.7. The van der Waals surface area contributed by atoms with Gasteiger partial charge in [0.2, 0.25) is 0 Å². The first kappa shape index (κ1) is 25.0. The number of anilines is 1. The first-order valence-corrected chi connectivity index (χ1v) is 12.0. The van der Waals surface area contributed by atoms with E-state index in [-0.39, 0.29) is 21.4 Å². The van der Waals surface area contributed by atoms with Crippen molar-refractivity contribution < 1.29 is 22.7 Å². The summed E-state index contributed by atoms with van der Waals surface area (Å²) < 4.78 is 38.9. The molecular weight excluding hydrogens is 440 g/mol. The Morgan fingerprint density at radius 1 is 1.13 bits per heavy atom. The maximum atomic E-state index is 12.8. The SMILES string of the molecule is CCOc1ccc(NS(=O)(=O)c2cc(C(=O)NCCCOCC(C)C)ccc2Cl)cc1. The molecule has 31 heavy (non-hydrogen) atoms. The van der Waals surface area contributed by atoms with Gasteiger partial charge in [-0.25, -0.2) is 8.42 Å². The van der Waals surface area contributed by atoms with Crippen LogP contribution in [0.15, 0.2) is 47.4 Å². The molecule has 2 rings (SSSR count). The molecule has 2 aromatic carbocycles. The minimum atomic E-state index is -3.99. The van der Waals surface area contributed by atoms with Crippen LogP contribution < -0.4 is 14.8 Å². The summed E-state index contributed by atoms with van der Waals surface area (Å²) in [4.78, 5) is 12.2. The highest BCUT2D eigenvalue weighted by atomic mass is 35.5. The second kappa shape index (κ2) is 11.9. The molecule has 170 valence electrons. The van der Waals surface area contributed by atoms with E-state index in [0.717, 1.165) is 0 Å². The molecular formula is C22H29ClN2O5S. The molecule has 0 fully saturated rings.